The first-order chi connectivity index (χ1) is 28.6. The summed E-state index contributed by atoms with van der Waals surface area (Å²) < 4.78 is 67.9. The summed E-state index contributed by atoms with van der Waals surface area (Å²) in [5, 5.41) is 28.7. The second kappa shape index (κ2) is 19.6. The van der Waals surface area contributed by atoms with Gasteiger partial charge in [-0.1, -0.05) is 91.9 Å². The third-order valence-electron chi connectivity index (χ3n) is 9.23. The van der Waals surface area contributed by atoms with E-state index >= 15 is 0 Å². The van der Waals surface area contributed by atoms with Crippen molar-refractivity contribution in [3.8, 4) is 34.1 Å². The summed E-state index contributed by atoms with van der Waals surface area (Å²) in [6.07, 6.45) is 0. The van der Waals surface area contributed by atoms with Gasteiger partial charge in [0.25, 0.3) is 15.9 Å². The molecule has 0 bridgehead atoms. The number of carbonyl (C=O) groups excluding carboxylic acids is 1. The van der Waals surface area contributed by atoms with Gasteiger partial charge in [0.1, 0.15) is 11.6 Å². The van der Waals surface area contributed by atoms with Crippen LogP contribution < -0.4 is 4.74 Å². The Morgan fingerprint density at radius 1 is 0.733 bits per heavy atom. The summed E-state index contributed by atoms with van der Waals surface area (Å²) in [4.78, 5) is 24.9. The van der Waals surface area contributed by atoms with Gasteiger partial charge in [-0.25, -0.2) is 12.8 Å². The van der Waals surface area contributed by atoms with E-state index in [0.717, 1.165) is 16.0 Å². The molecule has 0 aromatic heterocycles. The quantitative estimate of drug-likeness (QED) is 0.0608. The number of aliphatic carboxylic acids is 1. The molecular formula is C45H39FN2O9S3. The predicted molar refractivity (Wildman–Crippen MR) is 226 cm³/mol. The number of sulfonamides is 1. The molecule has 6 aromatic rings. The summed E-state index contributed by atoms with van der Waals surface area (Å²) in [5.41, 5.74) is 3.50. The van der Waals surface area contributed by atoms with Gasteiger partial charge in [-0.2, -0.15) is 13.7 Å². The van der Waals surface area contributed by atoms with Crippen molar-refractivity contribution < 1.29 is 45.9 Å². The zero-order valence-electron chi connectivity index (χ0n) is 32.3. The van der Waals surface area contributed by atoms with Crippen molar-refractivity contribution in [3.63, 3.8) is 0 Å². The second-order valence-electron chi connectivity index (χ2n) is 13.5. The van der Waals surface area contributed by atoms with E-state index in [2.05, 4.69) is 0 Å². The first-order valence-corrected chi connectivity index (χ1v) is 22.1. The van der Waals surface area contributed by atoms with E-state index in [1.807, 2.05) is 42.5 Å². The number of ether oxygens (including phenoxy) is 1. The van der Waals surface area contributed by atoms with Crippen molar-refractivity contribution in [2.45, 2.75) is 33.3 Å². The Hall–Kier alpha value is -6.31. The van der Waals surface area contributed by atoms with E-state index in [4.69, 9.17) is 10.00 Å². The average molecular weight is 867 g/mol. The lowest BCUT2D eigenvalue weighted by molar-refractivity contribution is -0.151. The fourth-order valence-electron chi connectivity index (χ4n) is 5.49. The van der Waals surface area contributed by atoms with Crippen molar-refractivity contribution in [1.82, 2.24) is 4.47 Å². The predicted octanol–water partition coefficient (Wildman–Crippen LogP) is 8.75. The number of halogens is 1. The van der Waals surface area contributed by atoms with Crippen LogP contribution in [0.5, 0.6) is 5.75 Å². The van der Waals surface area contributed by atoms with Gasteiger partial charge in [0.05, 0.1) is 33.9 Å². The van der Waals surface area contributed by atoms with Crippen LogP contribution in [0.2, 0.25) is 0 Å². The Morgan fingerprint density at radius 3 is 1.67 bits per heavy atom. The highest BCUT2D eigenvalue weighted by molar-refractivity contribution is 8.01. The molecule has 60 heavy (non-hydrogen) atoms. The van der Waals surface area contributed by atoms with Crippen LogP contribution in [0.15, 0.2) is 172 Å². The van der Waals surface area contributed by atoms with Gasteiger partial charge < -0.3 is 9.84 Å². The lowest BCUT2D eigenvalue weighted by atomic mass is 10.0. The number of benzene rings is 6. The molecular weight excluding hydrogens is 828 g/mol. The maximum Gasteiger partial charge on any atom is 0.326 e. The third-order valence-corrected chi connectivity index (χ3v) is 14.6. The highest BCUT2D eigenvalue weighted by atomic mass is 32.2. The average Bonchev–Trinajstić information content (AvgIpc) is 3.28. The Kier molecular flexibility index (Phi) is 14.7. The molecule has 11 nitrogen and oxygen atoms in total. The van der Waals surface area contributed by atoms with E-state index in [9.17, 15) is 41.1 Å². The molecule has 0 fully saturated rings. The van der Waals surface area contributed by atoms with E-state index < -0.39 is 42.4 Å². The second-order valence-corrected chi connectivity index (χ2v) is 18.7. The number of amides is 1. The van der Waals surface area contributed by atoms with Crippen LogP contribution in [-0.4, -0.2) is 60.6 Å². The highest BCUT2D eigenvalue weighted by Crippen LogP contribution is 2.34. The molecule has 0 radical (unpaired) electrons. The minimum atomic E-state index is -4.45. The number of sulfone groups is 1. The number of hydrogen-bond acceptors (Lipinski definition) is 10. The maximum atomic E-state index is 13.2. The van der Waals surface area contributed by atoms with Gasteiger partial charge in [-0.05, 0) is 102 Å². The lowest BCUT2D eigenvalue weighted by Gasteiger charge is -2.24. The number of carboxylic acids is 1. The minimum absolute atomic E-state index is 0.0431. The number of carbonyl (C=O) groups is 2. The van der Waals surface area contributed by atoms with Crippen molar-refractivity contribution in [3.05, 3.63) is 169 Å². The van der Waals surface area contributed by atoms with Crippen molar-refractivity contribution in [1.29, 1.82) is 5.26 Å². The first-order valence-electron chi connectivity index (χ1n) is 18.1. The van der Waals surface area contributed by atoms with Gasteiger partial charge in [-0.3, -0.25) is 14.8 Å². The van der Waals surface area contributed by atoms with Gasteiger partial charge in [0, 0.05) is 10.6 Å². The number of para-hydroxylation sites is 1. The van der Waals surface area contributed by atoms with Crippen LogP contribution >= 0.6 is 11.8 Å². The molecule has 0 aliphatic heterocycles. The number of hydroxylamine groups is 1. The van der Waals surface area contributed by atoms with Crippen molar-refractivity contribution in [2.75, 3.05) is 12.4 Å². The van der Waals surface area contributed by atoms with Crippen LogP contribution in [-0.2, 0) is 29.4 Å². The molecule has 1 amide bonds. The van der Waals surface area contributed by atoms with Gasteiger partial charge in [-0.15, -0.1) is 16.2 Å². The lowest BCUT2D eigenvalue weighted by Crippen LogP contribution is -2.46. The zero-order valence-corrected chi connectivity index (χ0v) is 34.7. The van der Waals surface area contributed by atoms with Crippen LogP contribution in [0.25, 0.3) is 22.3 Å². The molecule has 308 valence electrons. The molecule has 6 rings (SSSR count). The largest absolute Gasteiger partial charge is 0.493 e. The van der Waals surface area contributed by atoms with Crippen LogP contribution in [0.4, 0.5) is 4.39 Å². The number of carboxylic acid groups (broad SMARTS) is 1. The smallest absolute Gasteiger partial charge is 0.326 e. The van der Waals surface area contributed by atoms with Gasteiger partial charge in [0.15, 0.2) is 14.6 Å². The van der Waals surface area contributed by atoms with Crippen LogP contribution in [0.1, 0.15) is 19.4 Å². The number of thioether (sulfide) groups is 1. The summed E-state index contributed by atoms with van der Waals surface area (Å²) in [6.45, 7) is 2.61. The molecule has 0 heterocycles. The molecule has 15 heteroatoms. The van der Waals surface area contributed by atoms with E-state index in [1.54, 1.807) is 72.8 Å². The van der Waals surface area contributed by atoms with E-state index in [1.165, 1.54) is 74.1 Å². The fourth-order valence-corrected chi connectivity index (χ4v) is 9.55. The number of hydrogen-bond donors (Lipinski definition) is 2. The Balaban J connectivity index is 0.000000228. The molecule has 0 spiro atoms. The Morgan fingerprint density at radius 2 is 1.18 bits per heavy atom. The Bertz CT molecular complexity index is 2660. The van der Waals surface area contributed by atoms with Crippen LogP contribution in [0, 0.1) is 23.1 Å². The van der Waals surface area contributed by atoms with E-state index in [-0.39, 0.29) is 32.4 Å². The fraction of sp³-hybridized carbons (Fsp3) is 0.133. The molecule has 0 aliphatic rings. The van der Waals surface area contributed by atoms with Crippen molar-refractivity contribution >= 4 is 43.5 Å². The van der Waals surface area contributed by atoms with Crippen LogP contribution in [0.3, 0.4) is 0 Å². The summed E-state index contributed by atoms with van der Waals surface area (Å²) in [5.74, 6) is -3.26. The SMILES string of the molecule is CC(COc1ccccc1)C(=O)N(O)S(=O)(=O)c1ccc(-c2ccc(F)cc2)cc1.CC(CSc1ccccc1)(C(=O)O)S(=O)(=O)c1ccc(-c2ccc(C#N)cc2)cc1. The number of nitriles is 1. The third kappa shape index (κ3) is 10.6. The van der Waals surface area contributed by atoms with Gasteiger partial charge in [0.2, 0.25) is 0 Å². The minimum Gasteiger partial charge on any atom is -0.493 e. The normalized spacial score (nSPS) is 12.7. The summed E-state index contributed by atoms with van der Waals surface area (Å²) in [6, 6.07) is 44.2. The number of nitrogens with zero attached hydrogens (tertiary/aromatic N) is 2. The zero-order chi connectivity index (χ0) is 43.5. The topological polar surface area (TPSA) is 179 Å². The highest BCUT2D eigenvalue weighted by Gasteiger charge is 2.47. The van der Waals surface area contributed by atoms with Crippen molar-refractivity contribution in [2.24, 2.45) is 5.92 Å². The number of rotatable bonds is 14. The summed E-state index contributed by atoms with van der Waals surface area (Å²) >= 11 is 1.19. The summed E-state index contributed by atoms with van der Waals surface area (Å²) in [7, 11) is -8.59. The molecule has 0 saturated heterocycles. The van der Waals surface area contributed by atoms with E-state index in [0.29, 0.717) is 22.4 Å². The first kappa shape index (κ1) is 44.8. The molecule has 2 N–H and O–H groups in total. The molecule has 0 saturated carbocycles. The maximum absolute atomic E-state index is 13.2. The van der Waals surface area contributed by atoms with Gasteiger partial charge >= 0.3 is 5.97 Å². The standard InChI is InChI=1S/C23H19NO4S2.C22H20FNO5S/c1-23(22(25)26,16-29-20-5-3-2-4-6-20)30(27,28)21-13-11-19(12-14-21)18-9-7-17(15-24)8-10-18;1-16(15-29-20-5-3-2-4-6-20)22(25)24(26)30(27,28)21-13-9-18(10-14-21)17-7-11-19(23)12-8-17/h2-14H,16H2,1H3,(H,25,26);2-14,16,26H,15H2,1H3. The Labute approximate surface area is 352 Å². The molecule has 6 aromatic carbocycles. The molecule has 2 atom stereocenters. The molecule has 0 aliphatic carbocycles. The monoisotopic (exact) mass is 866 g/mol. The molecule has 2 unspecified atom stereocenters.